The Hall–Kier alpha value is -0.610. The van der Waals surface area contributed by atoms with Crippen LogP contribution in [0, 0.1) is 5.92 Å². The van der Waals surface area contributed by atoms with E-state index in [1.54, 1.807) is 0 Å². The molecule has 1 saturated heterocycles. The van der Waals surface area contributed by atoms with Gasteiger partial charge < -0.3 is 11.1 Å². The molecule has 1 heterocycles. The number of hydrogen-bond acceptors (Lipinski definition) is 3. The first-order chi connectivity index (χ1) is 8.98. The average Bonchev–Trinajstić information content (AvgIpc) is 2.91. The molecule has 4 nitrogen and oxygen atoms in total. The number of likely N-dealkylation sites (tertiary alicyclic amines) is 1. The molecular formula is C15H27N3O. The van der Waals surface area contributed by atoms with Gasteiger partial charge in [0.15, 0.2) is 0 Å². The van der Waals surface area contributed by atoms with Crippen LogP contribution in [-0.2, 0) is 4.79 Å². The molecule has 4 atom stereocenters. The van der Waals surface area contributed by atoms with Crippen LogP contribution >= 0.6 is 0 Å². The number of rotatable bonds is 6. The van der Waals surface area contributed by atoms with E-state index in [0.29, 0.717) is 12.1 Å². The molecule has 1 aliphatic heterocycles. The Balaban J connectivity index is 1.62. The highest BCUT2D eigenvalue weighted by Crippen LogP contribution is 2.39. The Morgan fingerprint density at radius 1 is 1.42 bits per heavy atom. The molecule has 0 radical (unpaired) electrons. The highest BCUT2D eigenvalue weighted by atomic mass is 16.1. The van der Waals surface area contributed by atoms with Gasteiger partial charge in [-0.15, -0.1) is 0 Å². The van der Waals surface area contributed by atoms with Crippen LogP contribution in [-0.4, -0.2) is 41.0 Å². The van der Waals surface area contributed by atoms with Gasteiger partial charge in [0.1, 0.15) is 0 Å². The molecule has 3 rings (SSSR count). The molecule has 1 amide bonds. The fourth-order valence-electron chi connectivity index (χ4n) is 4.12. The van der Waals surface area contributed by atoms with Crippen molar-refractivity contribution in [1.82, 2.24) is 10.2 Å². The van der Waals surface area contributed by atoms with Crippen LogP contribution in [0.25, 0.3) is 0 Å². The van der Waals surface area contributed by atoms with Gasteiger partial charge in [-0.2, -0.15) is 0 Å². The van der Waals surface area contributed by atoms with Crippen LogP contribution < -0.4 is 11.1 Å². The minimum absolute atomic E-state index is 0.199. The summed E-state index contributed by atoms with van der Waals surface area (Å²) in [5, 5.41) is 3.46. The molecule has 3 aliphatic rings. The summed E-state index contributed by atoms with van der Waals surface area (Å²) in [5.41, 5.74) is 5.11. The lowest BCUT2D eigenvalue weighted by atomic mass is 9.91. The zero-order valence-electron chi connectivity index (χ0n) is 12.2. The lowest BCUT2D eigenvalue weighted by molar-refractivity contribution is -0.124. The third-order valence-corrected chi connectivity index (χ3v) is 5.37. The van der Waals surface area contributed by atoms with Gasteiger partial charge in [-0.3, -0.25) is 9.69 Å². The lowest BCUT2D eigenvalue weighted by Crippen LogP contribution is -2.57. The minimum Gasteiger partial charge on any atom is -0.368 e. The molecule has 108 valence electrons. The van der Waals surface area contributed by atoms with Gasteiger partial charge in [0.25, 0.3) is 0 Å². The molecule has 0 spiro atoms. The standard InChI is InChI=1S/C15H27N3O/c1-10(18-9-11-3-6-13(18)7-11)8-15(2,14(16)19)17-12-4-5-12/h10-13,17H,3-9H2,1-2H3,(H2,16,19). The fourth-order valence-corrected chi connectivity index (χ4v) is 4.12. The van der Waals surface area contributed by atoms with Crippen molar-refractivity contribution in [2.45, 2.75) is 76.0 Å². The maximum absolute atomic E-state index is 11.8. The average molecular weight is 265 g/mol. The molecule has 4 heteroatoms. The molecule has 19 heavy (non-hydrogen) atoms. The third kappa shape index (κ3) is 2.65. The van der Waals surface area contributed by atoms with Crippen LogP contribution in [0.3, 0.4) is 0 Å². The monoisotopic (exact) mass is 265 g/mol. The minimum atomic E-state index is -0.539. The van der Waals surface area contributed by atoms with Crippen LogP contribution in [0.4, 0.5) is 0 Å². The molecule has 0 aromatic heterocycles. The van der Waals surface area contributed by atoms with Gasteiger partial charge in [-0.1, -0.05) is 0 Å². The zero-order chi connectivity index (χ0) is 13.6. The maximum atomic E-state index is 11.8. The smallest absolute Gasteiger partial charge is 0.237 e. The largest absolute Gasteiger partial charge is 0.368 e. The lowest BCUT2D eigenvalue weighted by Gasteiger charge is -2.38. The Labute approximate surface area is 116 Å². The number of carbonyl (C=O) groups excluding carboxylic acids is 1. The number of hydrogen-bond donors (Lipinski definition) is 2. The second-order valence-corrected chi connectivity index (χ2v) is 7.20. The van der Waals surface area contributed by atoms with Gasteiger partial charge in [0.05, 0.1) is 5.54 Å². The fraction of sp³-hybridized carbons (Fsp3) is 0.933. The van der Waals surface area contributed by atoms with Gasteiger partial charge >= 0.3 is 0 Å². The second kappa shape index (κ2) is 4.74. The number of carbonyl (C=O) groups is 1. The number of piperidine rings is 1. The van der Waals surface area contributed by atoms with Crippen molar-refractivity contribution in [2.24, 2.45) is 11.7 Å². The summed E-state index contributed by atoms with van der Waals surface area (Å²) in [4.78, 5) is 14.5. The van der Waals surface area contributed by atoms with E-state index < -0.39 is 5.54 Å². The first kappa shape index (κ1) is 13.4. The van der Waals surface area contributed by atoms with Crippen molar-refractivity contribution in [3.63, 3.8) is 0 Å². The molecule has 3 N–H and O–H groups in total. The van der Waals surface area contributed by atoms with Crippen molar-refractivity contribution < 1.29 is 4.79 Å². The van der Waals surface area contributed by atoms with Crippen LogP contribution in [0.15, 0.2) is 0 Å². The molecule has 4 unspecified atom stereocenters. The summed E-state index contributed by atoms with van der Waals surface area (Å²) < 4.78 is 0. The summed E-state index contributed by atoms with van der Waals surface area (Å²) in [5.74, 6) is 0.708. The summed E-state index contributed by atoms with van der Waals surface area (Å²) in [6, 6.07) is 1.72. The highest BCUT2D eigenvalue weighted by molar-refractivity contribution is 5.84. The van der Waals surface area contributed by atoms with Gasteiger partial charge in [0, 0.05) is 24.7 Å². The zero-order valence-corrected chi connectivity index (χ0v) is 12.2. The van der Waals surface area contributed by atoms with E-state index in [1.807, 2.05) is 6.92 Å². The first-order valence-corrected chi connectivity index (χ1v) is 7.81. The SMILES string of the molecule is CC(CC(C)(NC1CC1)C(N)=O)N1CC2CCC1C2. The second-order valence-electron chi connectivity index (χ2n) is 7.20. The Morgan fingerprint density at radius 2 is 2.16 bits per heavy atom. The summed E-state index contributed by atoms with van der Waals surface area (Å²) in [6.07, 6.45) is 7.33. The molecule has 2 aliphatic carbocycles. The predicted octanol–water partition coefficient (Wildman–Crippen LogP) is 1.25. The Kier molecular flexibility index (Phi) is 3.34. The van der Waals surface area contributed by atoms with Crippen molar-refractivity contribution in [1.29, 1.82) is 0 Å². The quantitative estimate of drug-likeness (QED) is 0.760. The molecule has 2 bridgehead atoms. The van der Waals surface area contributed by atoms with Crippen LogP contribution in [0.5, 0.6) is 0 Å². The van der Waals surface area contributed by atoms with E-state index in [0.717, 1.165) is 18.4 Å². The Bertz CT molecular complexity index is 368. The Morgan fingerprint density at radius 3 is 2.63 bits per heavy atom. The van der Waals surface area contributed by atoms with Crippen molar-refractivity contribution in [2.75, 3.05) is 6.54 Å². The van der Waals surface area contributed by atoms with E-state index in [1.165, 1.54) is 38.6 Å². The highest BCUT2D eigenvalue weighted by Gasteiger charge is 2.44. The summed E-state index contributed by atoms with van der Waals surface area (Å²) in [7, 11) is 0. The third-order valence-electron chi connectivity index (χ3n) is 5.37. The van der Waals surface area contributed by atoms with Crippen LogP contribution in [0.2, 0.25) is 0 Å². The van der Waals surface area contributed by atoms with Gasteiger partial charge in [-0.25, -0.2) is 0 Å². The first-order valence-electron chi connectivity index (χ1n) is 7.81. The number of nitrogens with two attached hydrogens (primary N) is 1. The van der Waals surface area contributed by atoms with E-state index in [4.69, 9.17) is 5.73 Å². The van der Waals surface area contributed by atoms with Crippen molar-refractivity contribution in [3.05, 3.63) is 0 Å². The number of fused-ring (bicyclic) bond motifs is 2. The van der Waals surface area contributed by atoms with Crippen LogP contribution in [0.1, 0.15) is 52.4 Å². The summed E-state index contributed by atoms with van der Waals surface area (Å²) >= 11 is 0. The van der Waals surface area contributed by atoms with Crippen molar-refractivity contribution >= 4 is 5.91 Å². The van der Waals surface area contributed by atoms with E-state index in [-0.39, 0.29) is 5.91 Å². The number of primary amides is 1. The molecule has 0 aromatic rings. The normalized spacial score (nSPS) is 35.3. The molecule has 2 saturated carbocycles. The topological polar surface area (TPSA) is 58.4 Å². The van der Waals surface area contributed by atoms with Crippen molar-refractivity contribution in [3.8, 4) is 0 Å². The van der Waals surface area contributed by atoms with E-state index in [9.17, 15) is 4.79 Å². The predicted molar refractivity (Wildman–Crippen MR) is 75.7 cm³/mol. The number of nitrogens with one attached hydrogen (secondary N) is 1. The van der Waals surface area contributed by atoms with E-state index in [2.05, 4.69) is 17.1 Å². The molecule has 3 fully saturated rings. The number of nitrogens with zero attached hydrogens (tertiary/aromatic N) is 1. The van der Waals surface area contributed by atoms with Gasteiger partial charge in [-0.05, 0) is 58.3 Å². The molecular weight excluding hydrogens is 238 g/mol. The van der Waals surface area contributed by atoms with E-state index >= 15 is 0 Å². The molecule has 0 aromatic carbocycles. The number of amides is 1. The van der Waals surface area contributed by atoms with Gasteiger partial charge in [0.2, 0.25) is 5.91 Å². The maximum Gasteiger partial charge on any atom is 0.237 e. The summed E-state index contributed by atoms with van der Waals surface area (Å²) in [6.45, 7) is 5.47.